The maximum absolute atomic E-state index is 9.61. The quantitative estimate of drug-likeness (QED) is 0.795. The third-order valence-electron chi connectivity index (χ3n) is 4.61. The van der Waals surface area contributed by atoms with Crippen LogP contribution in [0.3, 0.4) is 0 Å². The molecule has 0 spiro atoms. The topological polar surface area (TPSA) is 23.8 Å². The monoisotopic (exact) mass is 289 g/mol. The van der Waals surface area contributed by atoms with Crippen molar-refractivity contribution in [3.8, 4) is 6.07 Å². The maximum atomic E-state index is 9.61. The van der Waals surface area contributed by atoms with Crippen LogP contribution in [0.1, 0.15) is 31.2 Å². The van der Waals surface area contributed by atoms with E-state index in [2.05, 4.69) is 40.2 Å². The normalized spacial score (nSPS) is 34.8. The smallest absolute Gasteiger partial charge is 0.0696 e. The summed E-state index contributed by atoms with van der Waals surface area (Å²) in [5, 5.41) is 9.61. The van der Waals surface area contributed by atoms with Crippen molar-refractivity contribution in [1.29, 1.82) is 5.26 Å². The van der Waals surface area contributed by atoms with Gasteiger partial charge in [0.1, 0.15) is 0 Å². The minimum Gasteiger partial charge on any atom is -0.198 e. The van der Waals surface area contributed by atoms with E-state index in [4.69, 9.17) is 0 Å². The van der Waals surface area contributed by atoms with Crippen molar-refractivity contribution in [2.75, 3.05) is 0 Å². The number of nitrogens with zero attached hydrogens (tertiary/aromatic N) is 1. The number of fused-ring (bicyclic) bond motifs is 2. The van der Waals surface area contributed by atoms with Gasteiger partial charge >= 0.3 is 0 Å². The molecule has 3 rings (SSSR count). The van der Waals surface area contributed by atoms with E-state index < -0.39 is 0 Å². The zero-order chi connectivity index (χ0) is 11.9. The van der Waals surface area contributed by atoms with Crippen LogP contribution in [0.15, 0.2) is 28.7 Å². The van der Waals surface area contributed by atoms with Gasteiger partial charge in [-0.05, 0) is 55.2 Å². The van der Waals surface area contributed by atoms with Crippen LogP contribution >= 0.6 is 15.9 Å². The standard InChI is InChI=1S/C15H16BrN/c16-14-3-1-2-11(7-14)8-15(10-17)9-12-4-5-13(15)6-12/h1-3,7,12-13H,4-6,8-9H2. The van der Waals surface area contributed by atoms with Crippen molar-refractivity contribution >= 4 is 15.9 Å². The molecule has 88 valence electrons. The van der Waals surface area contributed by atoms with E-state index in [0.29, 0.717) is 5.92 Å². The Morgan fingerprint density at radius 1 is 1.41 bits per heavy atom. The summed E-state index contributed by atoms with van der Waals surface area (Å²) in [5.74, 6) is 1.48. The second-order valence-electron chi connectivity index (χ2n) is 5.65. The summed E-state index contributed by atoms with van der Waals surface area (Å²) < 4.78 is 1.12. The minimum atomic E-state index is -0.0658. The predicted molar refractivity (Wildman–Crippen MR) is 71.3 cm³/mol. The van der Waals surface area contributed by atoms with Gasteiger partial charge in [0.15, 0.2) is 0 Å². The van der Waals surface area contributed by atoms with Gasteiger partial charge in [-0.1, -0.05) is 34.5 Å². The van der Waals surface area contributed by atoms with E-state index in [1.54, 1.807) is 0 Å². The maximum Gasteiger partial charge on any atom is 0.0696 e. The van der Waals surface area contributed by atoms with Gasteiger partial charge in [0.2, 0.25) is 0 Å². The Morgan fingerprint density at radius 3 is 2.88 bits per heavy atom. The van der Waals surface area contributed by atoms with Crippen molar-refractivity contribution in [1.82, 2.24) is 0 Å². The summed E-state index contributed by atoms with van der Waals surface area (Å²) in [5.41, 5.74) is 1.23. The highest BCUT2D eigenvalue weighted by Crippen LogP contribution is 2.57. The molecule has 3 unspecified atom stereocenters. The molecule has 1 aromatic carbocycles. The van der Waals surface area contributed by atoms with Gasteiger partial charge in [0.05, 0.1) is 11.5 Å². The van der Waals surface area contributed by atoms with Gasteiger partial charge < -0.3 is 0 Å². The zero-order valence-electron chi connectivity index (χ0n) is 9.82. The first-order valence-corrected chi connectivity index (χ1v) is 7.17. The van der Waals surface area contributed by atoms with Crippen LogP contribution < -0.4 is 0 Å². The Morgan fingerprint density at radius 2 is 2.29 bits per heavy atom. The molecule has 0 aliphatic heterocycles. The van der Waals surface area contributed by atoms with Crippen LogP contribution in [-0.4, -0.2) is 0 Å². The number of nitriles is 1. The Bertz CT molecular complexity index is 476. The first kappa shape index (κ1) is 11.3. The van der Waals surface area contributed by atoms with Crippen LogP contribution in [0.2, 0.25) is 0 Å². The van der Waals surface area contributed by atoms with Gasteiger partial charge in [-0.3, -0.25) is 0 Å². The Balaban J connectivity index is 1.86. The van der Waals surface area contributed by atoms with E-state index in [9.17, 15) is 5.26 Å². The van der Waals surface area contributed by atoms with Crippen molar-refractivity contribution in [3.63, 3.8) is 0 Å². The molecule has 1 aromatic rings. The third kappa shape index (κ3) is 1.91. The lowest BCUT2D eigenvalue weighted by molar-refractivity contribution is 0.239. The zero-order valence-corrected chi connectivity index (χ0v) is 11.4. The molecule has 2 fully saturated rings. The van der Waals surface area contributed by atoms with E-state index in [1.807, 2.05) is 6.07 Å². The van der Waals surface area contributed by atoms with Crippen LogP contribution in [0.5, 0.6) is 0 Å². The number of hydrogen-bond donors (Lipinski definition) is 0. The van der Waals surface area contributed by atoms with Gasteiger partial charge in [0.25, 0.3) is 0 Å². The average Bonchev–Trinajstić information content (AvgIpc) is 2.89. The molecule has 2 bridgehead atoms. The van der Waals surface area contributed by atoms with E-state index in [0.717, 1.165) is 23.2 Å². The molecule has 0 amide bonds. The predicted octanol–water partition coefficient (Wildman–Crippen LogP) is 4.32. The highest BCUT2D eigenvalue weighted by molar-refractivity contribution is 9.10. The van der Waals surface area contributed by atoms with E-state index >= 15 is 0 Å². The second kappa shape index (κ2) is 4.14. The highest BCUT2D eigenvalue weighted by atomic mass is 79.9. The van der Waals surface area contributed by atoms with Crippen LogP contribution in [0.25, 0.3) is 0 Å². The molecule has 0 heterocycles. The molecule has 2 aliphatic carbocycles. The molecule has 1 nitrogen and oxygen atoms in total. The summed E-state index contributed by atoms with van der Waals surface area (Å²) in [6.07, 6.45) is 5.98. The lowest BCUT2D eigenvalue weighted by atomic mass is 9.70. The number of benzene rings is 1. The molecule has 2 saturated carbocycles. The minimum absolute atomic E-state index is 0.0658. The molecule has 2 heteroatoms. The van der Waals surface area contributed by atoms with Gasteiger partial charge in [-0.15, -0.1) is 0 Å². The first-order chi connectivity index (χ1) is 8.22. The van der Waals surface area contributed by atoms with E-state index in [-0.39, 0.29) is 5.41 Å². The van der Waals surface area contributed by atoms with Crippen LogP contribution in [0.4, 0.5) is 0 Å². The summed E-state index contributed by atoms with van der Waals surface area (Å²) in [4.78, 5) is 0. The average molecular weight is 290 g/mol. The SMILES string of the molecule is N#CC1(Cc2cccc(Br)c2)CC2CCC1C2. The van der Waals surface area contributed by atoms with Crippen LogP contribution in [-0.2, 0) is 6.42 Å². The first-order valence-electron chi connectivity index (χ1n) is 6.37. The molecule has 2 aliphatic rings. The fourth-order valence-corrected chi connectivity index (χ4v) is 4.29. The summed E-state index contributed by atoms with van der Waals surface area (Å²) in [6.45, 7) is 0. The van der Waals surface area contributed by atoms with Gasteiger partial charge in [-0.2, -0.15) is 5.26 Å². The molecule has 17 heavy (non-hydrogen) atoms. The van der Waals surface area contributed by atoms with E-state index in [1.165, 1.54) is 24.8 Å². The van der Waals surface area contributed by atoms with Crippen molar-refractivity contribution in [2.24, 2.45) is 17.3 Å². The Kier molecular flexibility index (Phi) is 2.75. The number of rotatable bonds is 2. The van der Waals surface area contributed by atoms with Crippen molar-refractivity contribution in [3.05, 3.63) is 34.3 Å². The summed E-state index contributed by atoms with van der Waals surface area (Å²) in [7, 11) is 0. The highest BCUT2D eigenvalue weighted by Gasteiger charge is 2.51. The fraction of sp³-hybridized carbons (Fsp3) is 0.533. The Labute approximate surface area is 111 Å². The fourth-order valence-electron chi connectivity index (χ4n) is 3.85. The third-order valence-corrected chi connectivity index (χ3v) is 5.10. The van der Waals surface area contributed by atoms with Gasteiger partial charge in [0, 0.05) is 4.47 Å². The van der Waals surface area contributed by atoms with Gasteiger partial charge in [-0.25, -0.2) is 0 Å². The Hall–Kier alpha value is -0.810. The van der Waals surface area contributed by atoms with Crippen molar-refractivity contribution < 1.29 is 0 Å². The molecular weight excluding hydrogens is 274 g/mol. The molecule has 0 saturated heterocycles. The molecule has 0 aromatic heterocycles. The second-order valence-corrected chi connectivity index (χ2v) is 6.57. The lowest BCUT2D eigenvalue weighted by Crippen LogP contribution is -2.28. The summed E-state index contributed by atoms with van der Waals surface area (Å²) in [6, 6.07) is 11.1. The molecule has 0 N–H and O–H groups in total. The molecule has 3 atom stereocenters. The summed E-state index contributed by atoms with van der Waals surface area (Å²) >= 11 is 3.51. The number of hydrogen-bond acceptors (Lipinski definition) is 1. The molecular formula is C15H16BrN. The number of halogens is 1. The lowest BCUT2D eigenvalue weighted by Gasteiger charge is -2.31. The molecule has 0 radical (unpaired) electrons. The largest absolute Gasteiger partial charge is 0.198 e. The van der Waals surface area contributed by atoms with Crippen molar-refractivity contribution in [2.45, 2.75) is 32.1 Å². The van der Waals surface area contributed by atoms with Crippen LogP contribution in [0, 0.1) is 28.6 Å².